The Hall–Kier alpha value is -3.06. The molecule has 6 nitrogen and oxygen atoms in total. The number of amides is 1. The van der Waals surface area contributed by atoms with Gasteiger partial charge in [0.15, 0.2) is 11.5 Å². The lowest BCUT2D eigenvalue weighted by Crippen LogP contribution is -2.18. The van der Waals surface area contributed by atoms with Crippen LogP contribution in [0.5, 0.6) is 17.2 Å². The van der Waals surface area contributed by atoms with Crippen molar-refractivity contribution in [3.63, 3.8) is 0 Å². The van der Waals surface area contributed by atoms with E-state index in [1.807, 2.05) is 36.4 Å². The number of hydrogen-bond donors (Lipinski definition) is 1. The maximum absolute atomic E-state index is 12.6. The monoisotopic (exact) mass is 368 g/mol. The lowest BCUT2D eigenvalue weighted by molar-refractivity contribution is 0.102. The van der Waals surface area contributed by atoms with Crippen LogP contribution in [0.25, 0.3) is 11.3 Å². The number of methoxy groups -OCH3 is 1. The topological polar surface area (TPSA) is 69.7 Å². The van der Waals surface area contributed by atoms with Crippen LogP contribution in [0.1, 0.15) is 10.4 Å². The predicted octanol–water partition coefficient (Wildman–Crippen LogP) is 3.84. The van der Waals surface area contributed by atoms with E-state index in [0.29, 0.717) is 41.0 Å². The first-order valence-corrected chi connectivity index (χ1v) is 8.83. The molecule has 0 unspecified atom stereocenters. The molecule has 1 aromatic heterocycles. The molecule has 4 rings (SSSR count). The van der Waals surface area contributed by atoms with Crippen molar-refractivity contribution in [3.05, 3.63) is 54.1 Å². The summed E-state index contributed by atoms with van der Waals surface area (Å²) in [5, 5.41) is 3.54. The van der Waals surface area contributed by atoms with Gasteiger partial charge in [0, 0.05) is 17.2 Å². The summed E-state index contributed by atoms with van der Waals surface area (Å²) < 4.78 is 20.9. The molecule has 1 aliphatic rings. The fourth-order valence-electron chi connectivity index (χ4n) is 2.67. The Morgan fingerprint density at radius 1 is 1.15 bits per heavy atom. The van der Waals surface area contributed by atoms with Gasteiger partial charge >= 0.3 is 0 Å². The molecule has 0 radical (unpaired) electrons. The van der Waals surface area contributed by atoms with Gasteiger partial charge in [-0.2, -0.15) is 4.37 Å². The summed E-state index contributed by atoms with van der Waals surface area (Å²) in [6, 6.07) is 15.0. The van der Waals surface area contributed by atoms with Gasteiger partial charge < -0.3 is 19.5 Å². The van der Waals surface area contributed by atoms with E-state index < -0.39 is 0 Å². The third-order valence-corrected chi connectivity index (χ3v) is 4.61. The second-order valence-electron chi connectivity index (χ2n) is 5.60. The van der Waals surface area contributed by atoms with Crippen molar-refractivity contribution in [1.82, 2.24) is 4.37 Å². The molecule has 0 saturated heterocycles. The fourth-order valence-corrected chi connectivity index (χ4v) is 3.32. The van der Waals surface area contributed by atoms with Crippen molar-refractivity contribution in [2.24, 2.45) is 0 Å². The van der Waals surface area contributed by atoms with E-state index in [1.54, 1.807) is 12.1 Å². The SMILES string of the molecule is COc1cc(C(=O)Nc2cc(-c3ccccc3)ns2)cc2c1OCCO2. The van der Waals surface area contributed by atoms with Crippen LogP contribution in [-0.4, -0.2) is 30.6 Å². The molecule has 0 spiro atoms. The molecule has 1 N–H and O–H groups in total. The van der Waals surface area contributed by atoms with Gasteiger partial charge in [0.05, 0.1) is 12.8 Å². The van der Waals surface area contributed by atoms with Gasteiger partial charge in [0.25, 0.3) is 5.91 Å². The van der Waals surface area contributed by atoms with E-state index in [0.717, 1.165) is 11.3 Å². The summed E-state index contributed by atoms with van der Waals surface area (Å²) in [5.74, 6) is 1.25. The van der Waals surface area contributed by atoms with Crippen molar-refractivity contribution < 1.29 is 19.0 Å². The van der Waals surface area contributed by atoms with Gasteiger partial charge in [-0.3, -0.25) is 4.79 Å². The number of fused-ring (bicyclic) bond motifs is 1. The minimum Gasteiger partial charge on any atom is -0.493 e. The molecule has 0 fully saturated rings. The van der Waals surface area contributed by atoms with Crippen LogP contribution in [0.4, 0.5) is 5.00 Å². The van der Waals surface area contributed by atoms with Gasteiger partial charge in [0.2, 0.25) is 5.75 Å². The summed E-state index contributed by atoms with van der Waals surface area (Å²) in [7, 11) is 1.53. The molecule has 0 atom stereocenters. The van der Waals surface area contributed by atoms with E-state index in [4.69, 9.17) is 14.2 Å². The smallest absolute Gasteiger partial charge is 0.256 e. The summed E-state index contributed by atoms with van der Waals surface area (Å²) >= 11 is 1.24. The highest BCUT2D eigenvalue weighted by molar-refractivity contribution is 7.10. The number of nitrogens with zero attached hydrogens (tertiary/aromatic N) is 1. The second-order valence-corrected chi connectivity index (χ2v) is 6.40. The first-order valence-electron chi connectivity index (χ1n) is 8.06. The molecular weight excluding hydrogens is 352 g/mol. The summed E-state index contributed by atoms with van der Waals surface area (Å²) in [4.78, 5) is 12.6. The molecule has 0 aliphatic carbocycles. The Kier molecular flexibility index (Phi) is 4.45. The average molecular weight is 368 g/mol. The standard InChI is InChI=1S/C19H16N2O4S/c1-23-15-9-13(10-16-18(15)25-8-7-24-16)19(22)20-17-11-14(21-26-17)12-5-3-2-4-6-12/h2-6,9-11H,7-8H2,1H3,(H,20,22). The number of aromatic nitrogens is 1. The third-order valence-electron chi connectivity index (χ3n) is 3.91. The van der Waals surface area contributed by atoms with Crippen molar-refractivity contribution in [1.29, 1.82) is 0 Å². The highest BCUT2D eigenvalue weighted by atomic mass is 32.1. The zero-order valence-electron chi connectivity index (χ0n) is 14.0. The summed E-state index contributed by atoms with van der Waals surface area (Å²) in [6.07, 6.45) is 0. The van der Waals surface area contributed by atoms with Crippen LogP contribution in [0.15, 0.2) is 48.5 Å². The average Bonchev–Trinajstić information content (AvgIpc) is 3.16. The number of carbonyl (C=O) groups excluding carboxylic acids is 1. The lowest BCUT2D eigenvalue weighted by Gasteiger charge is -2.21. The second kappa shape index (κ2) is 7.05. The minimum atomic E-state index is -0.261. The van der Waals surface area contributed by atoms with Crippen molar-refractivity contribution in [2.45, 2.75) is 0 Å². The largest absolute Gasteiger partial charge is 0.493 e. The molecule has 26 heavy (non-hydrogen) atoms. The molecule has 1 amide bonds. The first-order chi connectivity index (χ1) is 12.7. The van der Waals surface area contributed by atoms with Crippen LogP contribution in [-0.2, 0) is 0 Å². The molecule has 0 saturated carbocycles. The van der Waals surface area contributed by atoms with E-state index >= 15 is 0 Å². The molecule has 1 aliphatic heterocycles. The van der Waals surface area contributed by atoms with Gasteiger partial charge in [-0.25, -0.2) is 0 Å². The van der Waals surface area contributed by atoms with Crippen LogP contribution in [0, 0.1) is 0 Å². The number of anilines is 1. The normalized spacial score (nSPS) is 12.5. The van der Waals surface area contributed by atoms with Crippen molar-refractivity contribution in [3.8, 4) is 28.5 Å². The third kappa shape index (κ3) is 3.21. The van der Waals surface area contributed by atoms with Gasteiger partial charge in [-0.05, 0) is 23.7 Å². The molecule has 2 aromatic carbocycles. The highest BCUT2D eigenvalue weighted by Gasteiger charge is 2.21. The predicted molar refractivity (Wildman–Crippen MR) is 99.5 cm³/mol. The van der Waals surface area contributed by atoms with Crippen molar-refractivity contribution >= 4 is 22.4 Å². The zero-order chi connectivity index (χ0) is 17.9. The Balaban J connectivity index is 1.56. The number of carbonyl (C=O) groups is 1. The number of ether oxygens (including phenoxy) is 3. The van der Waals surface area contributed by atoms with Gasteiger partial charge in [-0.15, -0.1) is 0 Å². The van der Waals surface area contributed by atoms with Crippen LogP contribution >= 0.6 is 11.5 Å². The number of rotatable bonds is 4. The van der Waals surface area contributed by atoms with Gasteiger partial charge in [0.1, 0.15) is 18.2 Å². The molecule has 7 heteroatoms. The highest BCUT2D eigenvalue weighted by Crippen LogP contribution is 2.40. The van der Waals surface area contributed by atoms with E-state index in [1.165, 1.54) is 18.6 Å². The number of hydrogen-bond acceptors (Lipinski definition) is 6. The first kappa shape index (κ1) is 16.4. The Labute approximate surface area is 154 Å². The van der Waals surface area contributed by atoms with E-state index in [2.05, 4.69) is 9.69 Å². The van der Waals surface area contributed by atoms with Crippen LogP contribution < -0.4 is 19.5 Å². The van der Waals surface area contributed by atoms with Crippen LogP contribution in [0.3, 0.4) is 0 Å². The quantitative estimate of drug-likeness (QED) is 0.758. The molecule has 132 valence electrons. The Bertz CT molecular complexity index is 923. The Morgan fingerprint density at radius 2 is 1.96 bits per heavy atom. The fraction of sp³-hybridized carbons (Fsp3) is 0.158. The van der Waals surface area contributed by atoms with Crippen molar-refractivity contribution in [2.75, 3.05) is 25.6 Å². The maximum atomic E-state index is 12.6. The van der Waals surface area contributed by atoms with Crippen LogP contribution in [0.2, 0.25) is 0 Å². The zero-order valence-corrected chi connectivity index (χ0v) is 14.8. The summed E-state index contributed by atoms with van der Waals surface area (Å²) in [5.41, 5.74) is 2.26. The molecule has 0 bridgehead atoms. The maximum Gasteiger partial charge on any atom is 0.256 e. The summed E-state index contributed by atoms with van der Waals surface area (Å²) in [6.45, 7) is 0.897. The molecule has 2 heterocycles. The molecule has 3 aromatic rings. The minimum absolute atomic E-state index is 0.261. The van der Waals surface area contributed by atoms with E-state index in [9.17, 15) is 4.79 Å². The number of nitrogens with one attached hydrogen (secondary N) is 1. The Morgan fingerprint density at radius 3 is 2.77 bits per heavy atom. The number of benzene rings is 2. The molecular formula is C19H16N2O4S. The van der Waals surface area contributed by atoms with Gasteiger partial charge in [-0.1, -0.05) is 30.3 Å². The lowest BCUT2D eigenvalue weighted by atomic mass is 10.1. The van der Waals surface area contributed by atoms with E-state index in [-0.39, 0.29) is 5.91 Å².